The van der Waals surface area contributed by atoms with E-state index < -0.39 is 75.8 Å². The number of esters is 2. The van der Waals surface area contributed by atoms with Crippen LogP contribution in [0.15, 0.2) is 154 Å². The average molecular weight is 1930 g/mol. The van der Waals surface area contributed by atoms with E-state index >= 15 is 13.2 Å². The minimum atomic E-state index is -1.09. The molecule has 6 aromatic carbocycles. The number of aryl methyl sites for hydroxylation is 3. The van der Waals surface area contributed by atoms with Gasteiger partial charge in [-0.3, -0.25) is 4.79 Å². The van der Waals surface area contributed by atoms with E-state index in [0.29, 0.717) is 154 Å². The van der Waals surface area contributed by atoms with E-state index in [2.05, 4.69) is 21.5 Å². The lowest BCUT2D eigenvalue weighted by Crippen LogP contribution is -2.55. The molecule has 6 aromatic heterocycles. The molecule has 0 saturated carbocycles. The lowest BCUT2D eigenvalue weighted by molar-refractivity contribution is -0.126. The molecule has 137 heavy (non-hydrogen) atoms. The number of hydrogen-bond acceptors (Lipinski definition) is 22. The normalized spacial score (nSPS) is 15.3. The second-order valence-electron chi connectivity index (χ2n) is 37.1. The molecule has 1 N–H and O–H groups in total. The topological polar surface area (TPSA) is 322 Å². The van der Waals surface area contributed by atoms with Crippen molar-refractivity contribution in [3.63, 3.8) is 0 Å². The number of piperazine rings is 3. The number of methoxy groups -OCH3 is 2. The van der Waals surface area contributed by atoms with E-state index in [1.165, 1.54) is 58.3 Å². The molecule has 3 aliphatic rings. The molecule has 0 unspecified atom stereocenters. The quantitative estimate of drug-likeness (QED) is 0.0533. The average Bonchev–Trinajstić information content (AvgIpc) is 0.738. The van der Waals surface area contributed by atoms with Crippen molar-refractivity contribution in [1.29, 1.82) is 0 Å². The number of carboxylic acids is 1. The number of anilines is 3. The Bertz CT molecular complexity index is 7030. The van der Waals surface area contributed by atoms with Gasteiger partial charge in [-0.1, -0.05) is 119 Å². The minimum absolute atomic E-state index is 0.0895. The van der Waals surface area contributed by atoms with Crippen LogP contribution in [0.1, 0.15) is 186 Å². The predicted octanol–water partition coefficient (Wildman–Crippen LogP) is 19.4. The van der Waals surface area contributed by atoms with Gasteiger partial charge in [0.2, 0.25) is 5.91 Å². The lowest BCUT2D eigenvalue weighted by Gasteiger charge is -2.41. The number of carboxylic acid groups (broad SMARTS) is 1. The van der Waals surface area contributed by atoms with Crippen LogP contribution < -0.4 is 31.8 Å². The zero-order valence-corrected chi connectivity index (χ0v) is 82.2. The molecule has 29 nitrogen and oxygen atoms in total. The van der Waals surface area contributed by atoms with Gasteiger partial charge in [0.05, 0.1) is 96.3 Å². The number of benzene rings is 6. The monoisotopic (exact) mass is 1930 g/mol. The molecule has 0 bridgehead atoms. The number of amides is 3. The van der Waals surface area contributed by atoms with Crippen molar-refractivity contribution in [2.45, 2.75) is 172 Å². The highest BCUT2D eigenvalue weighted by Gasteiger charge is 2.38. The first-order chi connectivity index (χ1) is 64.6. The van der Waals surface area contributed by atoms with Crippen LogP contribution >= 0.6 is 34.8 Å². The molecule has 12 aromatic rings. The van der Waals surface area contributed by atoms with Gasteiger partial charge in [0, 0.05) is 93.7 Å². The molecule has 3 aliphatic heterocycles. The van der Waals surface area contributed by atoms with Crippen molar-refractivity contribution < 1.29 is 66.0 Å². The highest BCUT2D eigenvalue weighted by Crippen LogP contribution is 2.43. The molecular formula is C102H109Cl3F3N15O14. The largest absolute Gasteiger partial charge is 0.478 e. The number of halogens is 6. The Morgan fingerprint density at radius 2 is 0.708 bits per heavy atom. The van der Waals surface area contributed by atoms with Crippen LogP contribution in [0.25, 0.3) is 83.9 Å². The molecule has 3 fully saturated rings. The van der Waals surface area contributed by atoms with Crippen LogP contribution in [0.3, 0.4) is 0 Å². The van der Waals surface area contributed by atoms with Crippen LogP contribution in [0.4, 0.5) is 40.2 Å². The van der Waals surface area contributed by atoms with Gasteiger partial charge in [-0.25, -0.2) is 80.2 Å². The zero-order valence-electron chi connectivity index (χ0n) is 80.0. The minimum Gasteiger partial charge on any atom is -0.478 e. The van der Waals surface area contributed by atoms with E-state index in [-0.39, 0.29) is 113 Å². The number of fused-ring (bicyclic) bond motifs is 3. The van der Waals surface area contributed by atoms with Crippen LogP contribution in [0, 0.1) is 38.2 Å². The molecule has 0 spiro atoms. The number of nitrogens with zero attached hydrogens (tertiary/aromatic N) is 15. The number of carbonyl (C=O) groups excluding carboxylic acids is 5. The maximum absolute atomic E-state index is 15.1. The first-order valence-corrected chi connectivity index (χ1v) is 45.9. The maximum atomic E-state index is 15.1. The first kappa shape index (κ1) is 101. The van der Waals surface area contributed by atoms with E-state index in [9.17, 15) is 48.3 Å². The van der Waals surface area contributed by atoms with Crippen LogP contribution in [-0.2, 0) is 23.7 Å². The van der Waals surface area contributed by atoms with Gasteiger partial charge < -0.3 is 53.5 Å². The summed E-state index contributed by atoms with van der Waals surface area (Å²) in [7, 11) is 2.63. The number of rotatable bonds is 16. The molecule has 3 atom stereocenters. The van der Waals surface area contributed by atoms with Crippen molar-refractivity contribution in [2.24, 2.45) is 0 Å². The van der Waals surface area contributed by atoms with E-state index in [0.717, 1.165) is 0 Å². The summed E-state index contributed by atoms with van der Waals surface area (Å²) in [5, 5.41) is 11.7. The number of aromatic nitrogens is 9. The van der Waals surface area contributed by atoms with Crippen molar-refractivity contribution in [3.05, 3.63) is 254 Å². The van der Waals surface area contributed by atoms with E-state index in [1.54, 1.807) is 139 Å². The molecule has 15 rings (SSSR count). The fourth-order valence-electron chi connectivity index (χ4n) is 17.5. The van der Waals surface area contributed by atoms with Gasteiger partial charge in [0.1, 0.15) is 46.1 Å². The van der Waals surface area contributed by atoms with Gasteiger partial charge in [0.15, 0.2) is 16.9 Å². The van der Waals surface area contributed by atoms with Crippen LogP contribution in [0.5, 0.6) is 0 Å². The Kier molecular flexibility index (Phi) is 30.0. The Hall–Kier alpha value is -13.6. The van der Waals surface area contributed by atoms with Gasteiger partial charge in [-0.15, -0.1) is 0 Å². The molecule has 3 saturated heterocycles. The fourth-order valence-corrected chi connectivity index (χ4v) is 18.2. The highest BCUT2D eigenvalue weighted by atomic mass is 35.5. The standard InChI is InChI=1S/C35H39ClFN5O5.C34H37ClFN5O5.C33H33ClFN5O4/c1-19(2)24-16-22(32(43)46-8)15-20(3)29(24)42-31-25(17-26(36)28(38-31)23-11-9-10-12-27(23)37)30(39-33(42)44)41-14-13-40(18-21(41)4)34(45)47-35(5,6)7;1-18(2)23-15-21(31(42)43)14-19(3)28(23)41-30-24(16-25(35)27(37-30)22-10-8-9-11-26(22)36)29(38-32(41)44)40-13-12-39(17-20(40)4)33(45)46-34(5,6)7;1-7-27(41)38-12-13-39(20(5)17-38)30-24-16-25(34)28(22-10-8-9-11-26(22)35)36-31(24)40(33(43)37-30)29-19(4)14-21(32(42)44-6)15-23(29)18(2)3/h9-12,15-17,19,21H,13-14,18H2,1-8H3;8-11,14-16,18,20H,12-13,17H2,1-7H3,(H,42,43);7-11,14-16,18,20H,1,12-13,17H2,2-6H3/t21-;2*20-/m000/s1. The Balaban J connectivity index is 0.000000174. The third kappa shape index (κ3) is 21.0. The number of aromatic carboxylic acids is 1. The van der Waals surface area contributed by atoms with Crippen molar-refractivity contribution in [1.82, 2.24) is 58.3 Å². The van der Waals surface area contributed by atoms with Gasteiger partial charge >= 0.3 is 47.2 Å². The Morgan fingerprint density at radius 3 is 0.971 bits per heavy atom. The zero-order chi connectivity index (χ0) is 99.9. The van der Waals surface area contributed by atoms with Crippen molar-refractivity contribution in [2.75, 3.05) is 87.8 Å². The maximum Gasteiger partial charge on any atom is 0.410 e. The van der Waals surface area contributed by atoms with E-state index in [4.69, 9.17) is 68.7 Å². The fraction of sp³-hybridized carbons (Fsp3) is 0.363. The predicted molar refractivity (Wildman–Crippen MR) is 526 cm³/mol. The third-order valence-electron chi connectivity index (χ3n) is 23.9. The Labute approximate surface area is 805 Å². The molecule has 718 valence electrons. The number of ether oxygens (including phenoxy) is 4. The summed E-state index contributed by atoms with van der Waals surface area (Å²) in [5.74, 6) is -3.17. The summed E-state index contributed by atoms with van der Waals surface area (Å²) in [5.41, 5.74) is 4.57. The molecule has 0 radical (unpaired) electrons. The first-order valence-electron chi connectivity index (χ1n) is 44.8. The van der Waals surface area contributed by atoms with Gasteiger partial charge in [-0.05, 0) is 231 Å². The third-order valence-corrected chi connectivity index (χ3v) is 24.8. The molecule has 35 heteroatoms. The molecular weight excluding hydrogens is 1820 g/mol. The van der Waals surface area contributed by atoms with Crippen molar-refractivity contribution in [3.8, 4) is 50.8 Å². The smallest absolute Gasteiger partial charge is 0.410 e. The second-order valence-corrected chi connectivity index (χ2v) is 38.3. The summed E-state index contributed by atoms with van der Waals surface area (Å²) in [6.45, 7) is 40.5. The molecule has 0 aliphatic carbocycles. The second kappa shape index (κ2) is 40.8. The lowest BCUT2D eigenvalue weighted by atomic mass is 9.95. The van der Waals surface area contributed by atoms with Gasteiger partial charge in [-0.2, -0.15) is 15.0 Å². The number of hydrogen-bond donors (Lipinski definition) is 1. The summed E-state index contributed by atoms with van der Waals surface area (Å²) in [6.07, 6.45) is 0.446. The molecule has 3 amide bonds. The number of pyridine rings is 3. The summed E-state index contributed by atoms with van der Waals surface area (Å²) in [4.78, 5) is 156. The summed E-state index contributed by atoms with van der Waals surface area (Å²) >= 11 is 20.4. The van der Waals surface area contributed by atoms with Crippen LogP contribution in [0.2, 0.25) is 15.1 Å². The van der Waals surface area contributed by atoms with Crippen LogP contribution in [-0.4, -0.2) is 202 Å². The highest BCUT2D eigenvalue weighted by molar-refractivity contribution is 6.35. The summed E-state index contributed by atoms with van der Waals surface area (Å²) < 4.78 is 70.4. The van der Waals surface area contributed by atoms with E-state index in [1.807, 2.05) is 119 Å². The Morgan fingerprint density at radius 1 is 0.431 bits per heavy atom. The summed E-state index contributed by atoms with van der Waals surface area (Å²) in [6, 6.07) is 32.4. The van der Waals surface area contributed by atoms with Gasteiger partial charge in [0.25, 0.3) is 0 Å². The van der Waals surface area contributed by atoms with Crippen molar-refractivity contribution >= 4 is 121 Å². The number of carbonyl (C=O) groups is 6. The SMILES string of the molecule is C=CC(=O)N1CCN(c2nc(=O)n(-c3c(C)cc(C(=O)OC)cc3C(C)C)c3nc(-c4ccccc4F)c(Cl)cc23)[C@@H](C)C1.COC(=O)c1cc(C)c(-n2c(=O)nc(N3CCN(C(=O)OC(C)(C)C)C[C@@H]3C)c3cc(Cl)c(-c4ccccc4F)nc32)c(C(C)C)c1.Cc1cc(C(=O)O)cc(C(C)C)c1-n1c(=O)nc(N2CCN(C(=O)OC(C)(C)C)C[C@@H]2C)c2cc(Cl)c(-c3ccccc3F)nc21. The molecule has 9 heterocycles.